The van der Waals surface area contributed by atoms with Crippen LogP contribution in [0.4, 0.5) is 0 Å². The van der Waals surface area contributed by atoms with Crippen LogP contribution in [0.2, 0.25) is 0 Å². The minimum absolute atomic E-state index is 0.458. The number of nitrogens with zero attached hydrogens (tertiary/aromatic N) is 1. The normalized spacial score (nSPS) is 59.9. The van der Waals surface area contributed by atoms with E-state index in [0.717, 1.165) is 12.8 Å². The third-order valence-corrected chi connectivity index (χ3v) is 5.17. The Morgan fingerprint density at radius 2 is 1.79 bits per heavy atom. The average Bonchev–Trinajstić information content (AvgIpc) is 2.12. The zero-order chi connectivity index (χ0) is 9.97. The molecule has 76 valence electrons. The second-order valence-electron chi connectivity index (χ2n) is 5.89. The van der Waals surface area contributed by atoms with Gasteiger partial charge in [-0.15, -0.1) is 0 Å². The number of hydrogen-bond acceptors (Lipinski definition) is 2. The van der Waals surface area contributed by atoms with Crippen LogP contribution >= 0.6 is 0 Å². The van der Waals surface area contributed by atoms with E-state index in [-0.39, 0.29) is 0 Å². The summed E-state index contributed by atoms with van der Waals surface area (Å²) >= 11 is 0. The van der Waals surface area contributed by atoms with Crippen molar-refractivity contribution in [1.82, 2.24) is 0 Å². The summed E-state index contributed by atoms with van der Waals surface area (Å²) in [7, 11) is 0. The van der Waals surface area contributed by atoms with Crippen LogP contribution in [-0.4, -0.2) is 10.7 Å². The molecule has 2 nitrogen and oxygen atoms in total. The molecule has 0 spiro atoms. The molecular formula is C12H17NO. The predicted octanol–water partition coefficient (Wildman–Crippen LogP) is 2.09. The molecule has 4 bridgehead atoms. The van der Waals surface area contributed by atoms with Crippen molar-refractivity contribution < 1.29 is 5.11 Å². The standard InChI is InChI=1S/C12H17NO/c1-11(7-13)10-3-8-2-9(4-10)6-12(11,14)5-8/h8-10,14H,2-6H2,1H3. The van der Waals surface area contributed by atoms with Gasteiger partial charge in [-0.1, -0.05) is 0 Å². The van der Waals surface area contributed by atoms with Gasteiger partial charge in [0.2, 0.25) is 0 Å². The minimum atomic E-state index is -0.656. The van der Waals surface area contributed by atoms with Gasteiger partial charge in [-0.3, -0.25) is 0 Å². The largest absolute Gasteiger partial charge is 0.388 e. The van der Waals surface area contributed by atoms with E-state index in [1.165, 1.54) is 19.3 Å². The molecule has 0 radical (unpaired) electrons. The Labute approximate surface area is 84.9 Å². The average molecular weight is 191 g/mol. The summed E-state index contributed by atoms with van der Waals surface area (Å²) in [4.78, 5) is 0. The van der Waals surface area contributed by atoms with Crippen molar-refractivity contribution in [1.29, 1.82) is 5.26 Å². The summed E-state index contributed by atoms with van der Waals surface area (Å²) in [6.07, 6.45) is 5.43. The van der Waals surface area contributed by atoms with Crippen molar-refractivity contribution in [2.45, 2.75) is 44.6 Å². The maximum absolute atomic E-state index is 10.6. The fraction of sp³-hybridized carbons (Fsp3) is 0.917. The van der Waals surface area contributed by atoms with Crippen LogP contribution in [0.25, 0.3) is 0 Å². The molecule has 4 aliphatic rings. The van der Waals surface area contributed by atoms with Crippen molar-refractivity contribution in [3.05, 3.63) is 0 Å². The Morgan fingerprint density at radius 1 is 1.21 bits per heavy atom. The predicted molar refractivity (Wildman–Crippen MR) is 52.2 cm³/mol. The highest BCUT2D eigenvalue weighted by Crippen LogP contribution is 2.63. The molecule has 2 heteroatoms. The second kappa shape index (κ2) is 2.33. The highest BCUT2D eigenvalue weighted by Gasteiger charge is 2.63. The molecule has 3 atom stereocenters. The van der Waals surface area contributed by atoms with Crippen LogP contribution in [0.1, 0.15) is 39.0 Å². The molecule has 4 fully saturated rings. The van der Waals surface area contributed by atoms with Gasteiger partial charge in [0.15, 0.2) is 0 Å². The number of hydrogen-bond donors (Lipinski definition) is 1. The van der Waals surface area contributed by atoms with E-state index >= 15 is 0 Å². The SMILES string of the molecule is CC1(C#N)C2CC3CC(C2)CC1(O)C3. The molecule has 0 amide bonds. The van der Waals surface area contributed by atoms with E-state index in [9.17, 15) is 10.4 Å². The van der Waals surface area contributed by atoms with Gasteiger partial charge < -0.3 is 5.11 Å². The molecule has 3 unspecified atom stereocenters. The third kappa shape index (κ3) is 0.803. The molecule has 0 aliphatic heterocycles. The summed E-state index contributed by atoms with van der Waals surface area (Å²) in [6, 6.07) is 2.41. The fourth-order valence-corrected chi connectivity index (χ4v) is 4.41. The van der Waals surface area contributed by atoms with Crippen molar-refractivity contribution in [2.24, 2.45) is 23.2 Å². The first-order chi connectivity index (χ1) is 6.57. The molecule has 14 heavy (non-hydrogen) atoms. The Hall–Kier alpha value is -0.550. The first kappa shape index (κ1) is 8.73. The number of nitriles is 1. The maximum atomic E-state index is 10.6. The van der Waals surface area contributed by atoms with Crippen LogP contribution in [0.15, 0.2) is 0 Å². The van der Waals surface area contributed by atoms with Crippen molar-refractivity contribution in [3.8, 4) is 6.07 Å². The Balaban J connectivity index is 2.07. The van der Waals surface area contributed by atoms with Gasteiger partial charge in [0, 0.05) is 0 Å². The summed E-state index contributed by atoms with van der Waals surface area (Å²) in [5.74, 6) is 1.88. The smallest absolute Gasteiger partial charge is 0.0860 e. The van der Waals surface area contributed by atoms with Gasteiger partial charge in [-0.2, -0.15) is 5.26 Å². The lowest BCUT2D eigenvalue weighted by atomic mass is 9.44. The van der Waals surface area contributed by atoms with E-state index in [4.69, 9.17) is 0 Å². The Morgan fingerprint density at radius 3 is 2.21 bits per heavy atom. The van der Waals surface area contributed by atoms with Crippen LogP contribution in [-0.2, 0) is 0 Å². The van der Waals surface area contributed by atoms with Gasteiger partial charge in [-0.05, 0) is 56.8 Å². The van der Waals surface area contributed by atoms with Crippen molar-refractivity contribution >= 4 is 0 Å². The molecule has 4 saturated carbocycles. The molecule has 1 N–H and O–H groups in total. The molecule has 0 saturated heterocycles. The molecule has 0 aromatic carbocycles. The fourth-order valence-electron chi connectivity index (χ4n) is 4.41. The van der Waals surface area contributed by atoms with Crippen molar-refractivity contribution in [3.63, 3.8) is 0 Å². The van der Waals surface area contributed by atoms with Crippen LogP contribution < -0.4 is 0 Å². The highest BCUT2D eigenvalue weighted by molar-refractivity contribution is 5.20. The van der Waals surface area contributed by atoms with Gasteiger partial charge in [0.05, 0.1) is 17.1 Å². The van der Waals surface area contributed by atoms with Crippen LogP contribution in [0, 0.1) is 34.5 Å². The Kier molecular flexibility index (Phi) is 1.46. The summed E-state index contributed by atoms with van der Waals surface area (Å²) in [5, 5.41) is 19.9. The third-order valence-electron chi connectivity index (χ3n) is 5.17. The maximum Gasteiger partial charge on any atom is 0.0860 e. The molecular weight excluding hydrogens is 174 g/mol. The van der Waals surface area contributed by atoms with E-state index in [1.807, 2.05) is 6.92 Å². The summed E-state index contributed by atoms with van der Waals surface area (Å²) in [6.45, 7) is 1.98. The molecule has 0 aromatic heterocycles. The summed E-state index contributed by atoms with van der Waals surface area (Å²) < 4.78 is 0. The lowest BCUT2D eigenvalue weighted by Gasteiger charge is -2.61. The second-order valence-corrected chi connectivity index (χ2v) is 5.89. The quantitative estimate of drug-likeness (QED) is 0.637. The van der Waals surface area contributed by atoms with Gasteiger partial charge >= 0.3 is 0 Å². The number of rotatable bonds is 0. The van der Waals surface area contributed by atoms with Crippen LogP contribution in [0.5, 0.6) is 0 Å². The zero-order valence-electron chi connectivity index (χ0n) is 8.66. The first-order valence-corrected chi connectivity index (χ1v) is 5.71. The highest BCUT2D eigenvalue weighted by atomic mass is 16.3. The number of aliphatic hydroxyl groups is 1. The van der Waals surface area contributed by atoms with E-state index in [0.29, 0.717) is 17.8 Å². The molecule has 4 aliphatic carbocycles. The molecule has 4 rings (SSSR count). The lowest BCUT2D eigenvalue weighted by Crippen LogP contribution is -2.62. The zero-order valence-corrected chi connectivity index (χ0v) is 8.66. The minimum Gasteiger partial charge on any atom is -0.388 e. The van der Waals surface area contributed by atoms with Gasteiger partial charge in [0.1, 0.15) is 0 Å². The molecule has 0 aromatic rings. The lowest BCUT2D eigenvalue weighted by molar-refractivity contribution is -0.196. The van der Waals surface area contributed by atoms with E-state index in [2.05, 4.69) is 6.07 Å². The monoisotopic (exact) mass is 191 g/mol. The van der Waals surface area contributed by atoms with Crippen molar-refractivity contribution in [2.75, 3.05) is 0 Å². The van der Waals surface area contributed by atoms with Crippen LogP contribution in [0.3, 0.4) is 0 Å². The van der Waals surface area contributed by atoms with Gasteiger partial charge in [-0.25, -0.2) is 0 Å². The topological polar surface area (TPSA) is 44.0 Å². The van der Waals surface area contributed by atoms with Gasteiger partial charge in [0.25, 0.3) is 0 Å². The molecule has 0 heterocycles. The van der Waals surface area contributed by atoms with E-state index in [1.54, 1.807) is 0 Å². The Bertz CT molecular complexity index is 305. The summed E-state index contributed by atoms with van der Waals surface area (Å²) in [5.41, 5.74) is -1.11. The van der Waals surface area contributed by atoms with E-state index < -0.39 is 11.0 Å². The first-order valence-electron chi connectivity index (χ1n) is 5.71.